The number of halogens is 6. The van der Waals surface area contributed by atoms with Crippen LogP contribution < -0.4 is 0 Å². The van der Waals surface area contributed by atoms with Gasteiger partial charge in [-0.25, -0.2) is 0 Å². The molecule has 1 fully saturated rings. The molecule has 0 saturated heterocycles. The molecule has 15 heavy (non-hydrogen) atoms. The summed E-state index contributed by atoms with van der Waals surface area (Å²) in [7, 11) is 0. The van der Waals surface area contributed by atoms with E-state index in [1.54, 1.807) is 0 Å². The van der Waals surface area contributed by atoms with Crippen LogP contribution in [0.5, 0.6) is 0 Å². The summed E-state index contributed by atoms with van der Waals surface area (Å²) in [6.45, 7) is 0. The molecular weight excluding hydrogens is 226 g/mol. The number of rotatable bonds is 0. The first kappa shape index (κ1) is 10.4. The Morgan fingerprint density at radius 1 is 0.800 bits per heavy atom. The first-order valence-electron chi connectivity index (χ1n) is 4.01. The van der Waals surface area contributed by atoms with Crippen molar-refractivity contribution < 1.29 is 26.3 Å². The van der Waals surface area contributed by atoms with Gasteiger partial charge in [0.25, 0.3) is 0 Å². The fraction of sp³-hybridized carbons (Fsp3) is 0.714. The van der Waals surface area contributed by atoms with Crippen LogP contribution in [0.1, 0.15) is 6.42 Å². The molecule has 0 aromatic heterocycles. The van der Waals surface area contributed by atoms with Crippen molar-refractivity contribution >= 4 is 11.4 Å². The SMILES string of the molecule is FC(F)(F)C1=NN=C(C(F)(F)F)[C@@H]2C[C@H]12. The van der Waals surface area contributed by atoms with E-state index < -0.39 is 35.6 Å². The Morgan fingerprint density at radius 3 is 1.40 bits per heavy atom. The molecule has 2 nitrogen and oxygen atoms in total. The molecule has 2 rings (SSSR count). The number of alkyl halides is 6. The summed E-state index contributed by atoms with van der Waals surface area (Å²) >= 11 is 0. The Bertz CT molecular complexity index is 315. The lowest BCUT2D eigenvalue weighted by atomic mass is 10.1. The van der Waals surface area contributed by atoms with E-state index in [1.807, 2.05) is 0 Å². The zero-order chi connectivity index (χ0) is 11.4. The zero-order valence-corrected chi connectivity index (χ0v) is 7.02. The van der Waals surface area contributed by atoms with Crippen molar-refractivity contribution in [3.8, 4) is 0 Å². The van der Waals surface area contributed by atoms with Crippen molar-refractivity contribution in [2.24, 2.45) is 22.0 Å². The van der Waals surface area contributed by atoms with Gasteiger partial charge in [0, 0.05) is 11.8 Å². The topological polar surface area (TPSA) is 24.7 Å². The summed E-state index contributed by atoms with van der Waals surface area (Å²) in [5.41, 5.74) is -2.39. The second kappa shape index (κ2) is 2.73. The van der Waals surface area contributed by atoms with Crippen LogP contribution in [0.25, 0.3) is 0 Å². The molecular formula is C7H4F6N2. The molecule has 1 aliphatic heterocycles. The molecule has 0 aromatic carbocycles. The quantitative estimate of drug-likeness (QED) is 0.571. The highest BCUT2D eigenvalue weighted by Crippen LogP contribution is 2.50. The van der Waals surface area contributed by atoms with Crippen LogP contribution >= 0.6 is 0 Å². The van der Waals surface area contributed by atoms with Gasteiger partial charge in [0.2, 0.25) is 0 Å². The van der Waals surface area contributed by atoms with Crippen LogP contribution in [0.4, 0.5) is 26.3 Å². The summed E-state index contributed by atoms with van der Waals surface area (Å²) < 4.78 is 73.0. The summed E-state index contributed by atoms with van der Waals surface area (Å²) in [5.74, 6) is -2.31. The lowest BCUT2D eigenvalue weighted by Crippen LogP contribution is -2.33. The summed E-state index contributed by atoms with van der Waals surface area (Å²) in [5, 5.41) is 5.26. The molecule has 84 valence electrons. The highest BCUT2D eigenvalue weighted by atomic mass is 19.4. The molecule has 0 N–H and O–H groups in total. The molecule has 1 heterocycles. The molecule has 0 aromatic rings. The molecule has 0 amide bonds. The van der Waals surface area contributed by atoms with Gasteiger partial charge in [-0.2, -0.15) is 26.3 Å². The third-order valence-corrected chi connectivity index (χ3v) is 2.34. The number of hydrogen-bond acceptors (Lipinski definition) is 2. The molecule has 8 heteroatoms. The molecule has 0 unspecified atom stereocenters. The van der Waals surface area contributed by atoms with Gasteiger partial charge in [0.05, 0.1) is 0 Å². The van der Waals surface area contributed by atoms with E-state index in [1.165, 1.54) is 0 Å². The van der Waals surface area contributed by atoms with E-state index in [0.29, 0.717) is 0 Å². The Labute approximate surface area is 79.7 Å². The molecule has 1 aliphatic carbocycles. The average Bonchev–Trinajstić information content (AvgIpc) is 2.75. The van der Waals surface area contributed by atoms with E-state index in [2.05, 4.69) is 10.2 Å². The Balaban J connectivity index is 2.31. The number of fused-ring (bicyclic) bond motifs is 1. The second-order valence-electron chi connectivity index (χ2n) is 3.41. The van der Waals surface area contributed by atoms with Gasteiger partial charge in [-0.1, -0.05) is 0 Å². The maximum atomic E-state index is 12.2. The minimum absolute atomic E-state index is 0.170. The first-order valence-corrected chi connectivity index (χ1v) is 4.01. The smallest absolute Gasteiger partial charge is 0.165 e. The summed E-state index contributed by atoms with van der Waals surface area (Å²) in [6.07, 6.45) is -9.53. The van der Waals surface area contributed by atoms with Crippen molar-refractivity contribution in [1.29, 1.82) is 0 Å². The molecule has 0 bridgehead atoms. The molecule has 1 saturated carbocycles. The Kier molecular flexibility index (Phi) is 1.90. The van der Waals surface area contributed by atoms with Crippen LogP contribution in [0.15, 0.2) is 10.2 Å². The van der Waals surface area contributed by atoms with Crippen molar-refractivity contribution in [2.75, 3.05) is 0 Å². The zero-order valence-electron chi connectivity index (χ0n) is 7.02. The van der Waals surface area contributed by atoms with E-state index in [9.17, 15) is 26.3 Å². The maximum Gasteiger partial charge on any atom is 0.431 e. The number of hydrogen-bond donors (Lipinski definition) is 0. The minimum Gasteiger partial charge on any atom is -0.165 e. The fourth-order valence-corrected chi connectivity index (χ4v) is 1.59. The highest BCUT2D eigenvalue weighted by Gasteiger charge is 2.60. The fourth-order valence-electron chi connectivity index (χ4n) is 1.59. The van der Waals surface area contributed by atoms with Crippen molar-refractivity contribution in [1.82, 2.24) is 0 Å². The molecule has 0 spiro atoms. The van der Waals surface area contributed by atoms with Gasteiger partial charge in [-0.15, -0.1) is 10.2 Å². The summed E-state index contributed by atoms with van der Waals surface area (Å²) in [4.78, 5) is 0. The van der Waals surface area contributed by atoms with Gasteiger partial charge >= 0.3 is 12.4 Å². The van der Waals surface area contributed by atoms with Crippen LogP contribution in [0.3, 0.4) is 0 Å². The largest absolute Gasteiger partial charge is 0.431 e. The van der Waals surface area contributed by atoms with E-state index >= 15 is 0 Å². The normalized spacial score (nSPS) is 30.5. The van der Waals surface area contributed by atoms with E-state index in [0.717, 1.165) is 0 Å². The average molecular weight is 230 g/mol. The monoisotopic (exact) mass is 230 g/mol. The predicted molar refractivity (Wildman–Crippen MR) is 38.6 cm³/mol. The van der Waals surface area contributed by atoms with Crippen LogP contribution in [0.2, 0.25) is 0 Å². The lowest BCUT2D eigenvalue weighted by molar-refractivity contribution is -0.0665. The standard InChI is InChI=1S/C7H4F6N2/c8-6(9,10)4-2-1-3(2)5(15-14-4)7(11,12)13/h2-3H,1H2/t2-,3+. The van der Waals surface area contributed by atoms with Crippen molar-refractivity contribution in [3.63, 3.8) is 0 Å². The van der Waals surface area contributed by atoms with Crippen molar-refractivity contribution in [3.05, 3.63) is 0 Å². The third kappa shape index (κ3) is 1.72. The summed E-state index contributed by atoms with van der Waals surface area (Å²) in [6, 6.07) is 0. The Morgan fingerprint density at radius 2 is 1.13 bits per heavy atom. The van der Waals surface area contributed by atoms with Crippen LogP contribution in [-0.2, 0) is 0 Å². The second-order valence-corrected chi connectivity index (χ2v) is 3.41. The Hall–Kier alpha value is -1.08. The predicted octanol–water partition coefficient (Wildman–Crippen LogP) is 2.56. The van der Waals surface area contributed by atoms with Crippen molar-refractivity contribution in [2.45, 2.75) is 18.8 Å². The van der Waals surface area contributed by atoms with Crippen LogP contribution in [0, 0.1) is 11.8 Å². The first-order chi connectivity index (χ1) is 6.71. The lowest BCUT2D eigenvalue weighted by Gasteiger charge is -2.15. The van der Waals surface area contributed by atoms with Gasteiger partial charge < -0.3 is 0 Å². The van der Waals surface area contributed by atoms with Crippen LogP contribution in [-0.4, -0.2) is 23.8 Å². The molecule has 2 aliphatic rings. The molecule has 0 radical (unpaired) electrons. The third-order valence-electron chi connectivity index (χ3n) is 2.34. The van der Waals surface area contributed by atoms with E-state index in [4.69, 9.17) is 0 Å². The van der Waals surface area contributed by atoms with Gasteiger partial charge in [-0.05, 0) is 6.42 Å². The maximum absolute atomic E-state index is 12.2. The number of nitrogens with zero attached hydrogens (tertiary/aromatic N) is 2. The minimum atomic E-state index is -4.68. The van der Waals surface area contributed by atoms with Gasteiger partial charge in [0.15, 0.2) is 0 Å². The van der Waals surface area contributed by atoms with E-state index in [-0.39, 0.29) is 6.42 Å². The molecule has 2 atom stereocenters. The van der Waals surface area contributed by atoms with Gasteiger partial charge in [0.1, 0.15) is 11.4 Å². The highest BCUT2D eigenvalue weighted by molar-refractivity contribution is 6.06. The van der Waals surface area contributed by atoms with Gasteiger partial charge in [-0.3, -0.25) is 0 Å².